The molecule has 0 aromatic heterocycles. The van der Waals surface area contributed by atoms with Crippen molar-refractivity contribution >= 4 is 11.9 Å². The summed E-state index contributed by atoms with van der Waals surface area (Å²) in [4.78, 5) is 26.3. The zero-order valence-electron chi connectivity index (χ0n) is 31.6. The van der Waals surface area contributed by atoms with E-state index in [2.05, 4.69) is 61.2 Å². The normalized spacial score (nSPS) is 21.7. The number of fused-ring (bicyclic) bond motifs is 1. The van der Waals surface area contributed by atoms with Crippen molar-refractivity contribution in [1.29, 1.82) is 0 Å². The van der Waals surface area contributed by atoms with Gasteiger partial charge in [0, 0.05) is 51.2 Å². The maximum absolute atomic E-state index is 13.2. The molecule has 8 heteroatoms. The maximum atomic E-state index is 13.2. The Morgan fingerprint density at radius 2 is 1.15 bits per heavy atom. The molecule has 52 heavy (non-hydrogen) atoms. The monoisotopic (exact) mass is 714 g/mol. The molecule has 1 aromatic rings. The van der Waals surface area contributed by atoms with Crippen molar-refractivity contribution < 1.29 is 38.0 Å². The van der Waals surface area contributed by atoms with Crippen LogP contribution < -0.4 is 0 Å². The van der Waals surface area contributed by atoms with Gasteiger partial charge in [-0.3, -0.25) is 9.59 Å². The quantitative estimate of drug-likeness (QED) is 0.0757. The molecule has 6 atom stereocenters. The summed E-state index contributed by atoms with van der Waals surface area (Å²) in [5.41, 5.74) is 0.810. The van der Waals surface area contributed by atoms with E-state index in [9.17, 15) is 9.59 Å². The van der Waals surface area contributed by atoms with Gasteiger partial charge in [0.15, 0.2) is 24.8 Å². The molecule has 2 fully saturated rings. The SMILES string of the molecule is CCCCCCCC#CC#CCCCC(=O)O[C@@H]1[C@@H](OC(=O)CCCC#CC#CCCCCCCC)[C@@H](OC)O[C@@H]2COC(c3ccccc3)O[C@@H]12. The van der Waals surface area contributed by atoms with E-state index < -0.39 is 48.9 Å². The number of carbonyl (C=O) groups excluding carboxylic acids is 2. The third kappa shape index (κ3) is 16.7. The first kappa shape index (κ1) is 42.7. The molecule has 2 aliphatic rings. The van der Waals surface area contributed by atoms with E-state index in [1.54, 1.807) is 0 Å². The number of methoxy groups -OCH3 is 1. The number of carbonyl (C=O) groups is 2. The number of ether oxygens (including phenoxy) is 6. The number of esters is 2. The van der Waals surface area contributed by atoms with Gasteiger partial charge in [0.2, 0.25) is 0 Å². The zero-order valence-corrected chi connectivity index (χ0v) is 31.6. The smallest absolute Gasteiger partial charge is 0.306 e. The summed E-state index contributed by atoms with van der Waals surface area (Å²) >= 11 is 0. The van der Waals surface area contributed by atoms with Crippen LogP contribution in [0.15, 0.2) is 30.3 Å². The van der Waals surface area contributed by atoms with Gasteiger partial charge in [-0.25, -0.2) is 0 Å². The molecule has 0 bridgehead atoms. The lowest BCUT2D eigenvalue weighted by atomic mass is 9.97. The third-order valence-corrected chi connectivity index (χ3v) is 8.78. The molecule has 0 saturated carbocycles. The Morgan fingerprint density at radius 1 is 0.654 bits per heavy atom. The number of hydrogen-bond acceptors (Lipinski definition) is 8. The maximum Gasteiger partial charge on any atom is 0.306 e. The van der Waals surface area contributed by atoms with Crippen molar-refractivity contribution in [3.63, 3.8) is 0 Å². The first-order chi connectivity index (χ1) is 25.6. The summed E-state index contributed by atoms with van der Waals surface area (Å²) < 4.78 is 36.0. The van der Waals surface area contributed by atoms with Crippen molar-refractivity contribution in [2.45, 2.75) is 166 Å². The van der Waals surface area contributed by atoms with Crippen molar-refractivity contribution in [2.24, 2.45) is 0 Å². The Bertz CT molecular complexity index is 1430. The molecule has 2 heterocycles. The highest BCUT2D eigenvalue weighted by Crippen LogP contribution is 2.37. The van der Waals surface area contributed by atoms with E-state index in [1.165, 1.54) is 58.5 Å². The van der Waals surface area contributed by atoms with E-state index in [0.717, 1.165) is 31.2 Å². The average molecular weight is 715 g/mol. The first-order valence-corrected chi connectivity index (χ1v) is 19.4. The summed E-state index contributed by atoms with van der Waals surface area (Å²) in [5.74, 6) is 22.9. The standard InChI is InChI=1S/C44H58O8/c1-4-6-8-10-12-14-16-18-20-22-24-29-33-38(45)50-41-40-37(35-48-43(52-40)36-31-27-26-28-32-36)49-44(47-3)42(41)51-39(46)34-30-25-23-21-19-17-15-13-11-9-7-5-2/h26-28,31-32,37,40-44H,4-15,24-25,29-30,33-35H2,1-3H3/t37-,40-,41+,42-,43?,44+/m1/s1. The fourth-order valence-electron chi connectivity index (χ4n) is 5.90. The molecule has 0 radical (unpaired) electrons. The van der Waals surface area contributed by atoms with Crippen molar-refractivity contribution in [3.05, 3.63) is 35.9 Å². The topological polar surface area (TPSA) is 89.5 Å². The molecule has 282 valence electrons. The minimum atomic E-state index is -1.05. The Labute approximate surface area is 312 Å². The second-order valence-corrected chi connectivity index (χ2v) is 13.1. The van der Waals surface area contributed by atoms with Gasteiger partial charge in [0.25, 0.3) is 0 Å². The molecule has 0 aliphatic carbocycles. The molecule has 1 unspecified atom stereocenters. The van der Waals surface area contributed by atoms with Crippen LogP contribution in [0, 0.1) is 47.4 Å². The van der Waals surface area contributed by atoms with Gasteiger partial charge in [-0.15, -0.1) is 0 Å². The van der Waals surface area contributed by atoms with Crippen LogP contribution in [0.3, 0.4) is 0 Å². The van der Waals surface area contributed by atoms with E-state index in [-0.39, 0.29) is 19.4 Å². The third-order valence-electron chi connectivity index (χ3n) is 8.78. The van der Waals surface area contributed by atoms with Crippen LogP contribution in [0.5, 0.6) is 0 Å². The van der Waals surface area contributed by atoms with Crippen LogP contribution in [0.2, 0.25) is 0 Å². The lowest BCUT2D eigenvalue weighted by Gasteiger charge is -2.47. The Hall–Kier alpha value is -3.76. The highest BCUT2D eigenvalue weighted by Gasteiger charge is 2.54. The summed E-state index contributed by atoms with van der Waals surface area (Å²) in [6, 6.07) is 9.49. The van der Waals surface area contributed by atoms with E-state index >= 15 is 0 Å². The molecule has 8 nitrogen and oxygen atoms in total. The molecular weight excluding hydrogens is 656 g/mol. The van der Waals surface area contributed by atoms with Gasteiger partial charge < -0.3 is 28.4 Å². The summed E-state index contributed by atoms with van der Waals surface area (Å²) in [6.45, 7) is 4.58. The van der Waals surface area contributed by atoms with Crippen LogP contribution in [0.1, 0.15) is 141 Å². The lowest BCUT2D eigenvalue weighted by Crippen LogP contribution is -2.64. The average Bonchev–Trinajstić information content (AvgIpc) is 3.16. The largest absolute Gasteiger partial charge is 0.455 e. The zero-order chi connectivity index (χ0) is 37.1. The van der Waals surface area contributed by atoms with Gasteiger partial charge in [0.05, 0.1) is 6.61 Å². The van der Waals surface area contributed by atoms with E-state index in [0.29, 0.717) is 25.7 Å². The molecule has 0 amide bonds. The molecule has 0 N–H and O–H groups in total. The second-order valence-electron chi connectivity index (χ2n) is 13.1. The molecule has 3 rings (SSSR count). The van der Waals surface area contributed by atoms with Crippen LogP contribution in [0.25, 0.3) is 0 Å². The Balaban J connectivity index is 1.57. The fourth-order valence-corrected chi connectivity index (χ4v) is 5.90. The number of hydrogen-bond donors (Lipinski definition) is 0. The number of unbranched alkanes of at least 4 members (excludes halogenated alkanes) is 12. The lowest BCUT2D eigenvalue weighted by molar-refractivity contribution is -0.359. The summed E-state index contributed by atoms with van der Waals surface area (Å²) in [6.07, 6.45) is 11.0. The second kappa shape index (κ2) is 26.9. The van der Waals surface area contributed by atoms with Gasteiger partial charge in [-0.05, 0) is 49.4 Å². The predicted octanol–water partition coefficient (Wildman–Crippen LogP) is 8.37. The molecule has 0 spiro atoms. The summed E-state index contributed by atoms with van der Waals surface area (Å²) in [5, 5.41) is 0. The predicted molar refractivity (Wildman–Crippen MR) is 201 cm³/mol. The highest BCUT2D eigenvalue weighted by molar-refractivity contribution is 5.71. The molecular formula is C44H58O8. The van der Waals surface area contributed by atoms with Crippen molar-refractivity contribution in [2.75, 3.05) is 13.7 Å². The van der Waals surface area contributed by atoms with Gasteiger partial charge in [0.1, 0.15) is 12.2 Å². The summed E-state index contributed by atoms with van der Waals surface area (Å²) in [7, 11) is 1.46. The highest BCUT2D eigenvalue weighted by atomic mass is 16.8. The molecule has 2 aliphatic heterocycles. The fraction of sp³-hybridized carbons (Fsp3) is 0.636. The van der Waals surface area contributed by atoms with Gasteiger partial charge >= 0.3 is 11.9 Å². The van der Waals surface area contributed by atoms with Gasteiger partial charge in [-0.2, -0.15) is 0 Å². The molecule has 2 saturated heterocycles. The first-order valence-electron chi connectivity index (χ1n) is 19.4. The van der Waals surface area contributed by atoms with E-state index in [4.69, 9.17) is 28.4 Å². The minimum absolute atomic E-state index is 0.123. The van der Waals surface area contributed by atoms with Crippen LogP contribution in [-0.4, -0.2) is 56.4 Å². The van der Waals surface area contributed by atoms with Crippen LogP contribution in [0.4, 0.5) is 0 Å². The van der Waals surface area contributed by atoms with Gasteiger partial charge in [-0.1, -0.05) is 119 Å². The van der Waals surface area contributed by atoms with Crippen molar-refractivity contribution in [3.8, 4) is 47.4 Å². The minimum Gasteiger partial charge on any atom is -0.455 e. The van der Waals surface area contributed by atoms with E-state index in [1.807, 2.05) is 30.3 Å². The number of benzene rings is 1. The van der Waals surface area contributed by atoms with Crippen LogP contribution in [-0.2, 0) is 38.0 Å². The Morgan fingerprint density at radius 3 is 1.67 bits per heavy atom. The van der Waals surface area contributed by atoms with Crippen molar-refractivity contribution in [1.82, 2.24) is 0 Å². The molecule has 1 aromatic carbocycles. The van der Waals surface area contributed by atoms with Crippen LogP contribution >= 0.6 is 0 Å². The Kier molecular flexibility index (Phi) is 22.1. The number of rotatable bonds is 20.